The molecule has 1 aromatic carbocycles. The molecule has 21 heavy (non-hydrogen) atoms. The van der Waals surface area contributed by atoms with Crippen LogP contribution in [-0.4, -0.2) is 23.9 Å². The summed E-state index contributed by atoms with van der Waals surface area (Å²) >= 11 is 0. The van der Waals surface area contributed by atoms with Gasteiger partial charge in [-0.25, -0.2) is 0 Å². The number of fused-ring (bicyclic) bond motifs is 1. The van der Waals surface area contributed by atoms with Crippen molar-refractivity contribution in [3.63, 3.8) is 0 Å². The van der Waals surface area contributed by atoms with Gasteiger partial charge in [0, 0.05) is 6.04 Å². The van der Waals surface area contributed by atoms with Crippen molar-refractivity contribution in [1.82, 2.24) is 5.32 Å². The third-order valence-electron chi connectivity index (χ3n) is 4.60. The minimum absolute atomic E-state index is 0.0442. The Balaban J connectivity index is 2.05. The van der Waals surface area contributed by atoms with Crippen molar-refractivity contribution in [2.45, 2.75) is 57.5 Å². The van der Waals surface area contributed by atoms with Crippen LogP contribution in [-0.2, 0) is 4.79 Å². The normalized spacial score (nSPS) is 23.5. The molecule has 1 heterocycles. The van der Waals surface area contributed by atoms with E-state index in [9.17, 15) is 9.59 Å². The molecule has 1 unspecified atom stereocenters. The highest BCUT2D eigenvalue weighted by Gasteiger charge is 2.36. The molecule has 112 valence electrons. The van der Waals surface area contributed by atoms with Crippen LogP contribution in [0, 0.1) is 0 Å². The summed E-state index contributed by atoms with van der Waals surface area (Å²) in [7, 11) is 0. The van der Waals surface area contributed by atoms with Crippen LogP contribution in [0.15, 0.2) is 24.3 Å². The topological polar surface area (TPSA) is 49.4 Å². The summed E-state index contributed by atoms with van der Waals surface area (Å²) in [5, 5.41) is 2.87. The maximum Gasteiger partial charge on any atom is 0.254 e. The minimum Gasteiger partial charge on any atom is -0.340 e. The van der Waals surface area contributed by atoms with Crippen molar-refractivity contribution in [2.75, 3.05) is 4.90 Å². The van der Waals surface area contributed by atoms with Gasteiger partial charge in [0.1, 0.15) is 6.04 Å². The van der Waals surface area contributed by atoms with Gasteiger partial charge in [-0.05, 0) is 31.4 Å². The molecule has 1 aliphatic carbocycles. The number of anilines is 1. The number of carbonyl (C=O) groups is 2. The second-order valence-corrected chi connectivity index (χ2v) is 5.95. The molecule has 1 aromatic rings. The van der Waals surface area contributed by atoms with Gasteiger partial charge in [-0.1, -0.05) is 38.3 Å². The molecule has 4 nitrogen and oxygen atoms in total. The van der Waals surface area contributed by atoms with Crippen molar-refractivity contribution in [3.05, 3.63) is 29.8 Å². The maximum atomic E-state index is 12.9. The van der Waals surface area contributed by atoms with Gasteiger partial charge in [0.15, 0.2) is 0 Å². The van der Waals surface area contributed by atoms with Crippen LogP contribution in [0.3, 0.4) is 0 Å². The Kier molecular flexibility index (Phi) is 3.95. The van der Waals surface area contributed by atoms with E-state index in [4.69, 9.17) is 0 Å². The molecule has 1 atom stereocenters. The first-order chi connectivity index (χ1) is 10.2. The summed E-state index contributed by atoms with van der Waals surface area (Å²) in [6.07, 6.45) is 6.26. The number of nitrogens with zero attached hydrogens (tertiary/aromatic N) is 1. The van der Waals surface area contributed by atoms with E-state index < -0.39 is 6.04 Å². The van der Waals surface area contributed by atoms with Gasteiger partial charge in [-0.2, -0.15) is 0 Å². The van der Waals surface area contributed by atoms with Gasteiger partial charge < -0.3 is 10.2 Å². The standard InChI is InChI=1S/C17H22N2O2/c1-2-14-17(21)19(12-8-4-3-5-9-12)15-11-7-6-10-13(15)16(20)18-14/h6-7,10-12,14H,2-5,8-9H2,1H3,(H,18,20). The molecule has 2 amide bonds. The summed E-state index contributed by atoms with van der Waals surface area (Å²) in [4.78, 5) is 27.2. The van der Waals surface area contributed by atoms with Crippen LogP contribution in [0.4, 0.5) is 5.69 Å². The fourth-order valence-electron chi connectivity index (χ4n) is 3.45. The summed E-state index contributed by atoms with van der Waals surface area (Å²) in [5.41, 5.74) is 1.40. The van der Waals surface area contributed by atoms with Crippen molar-refractivity contribution in [3.8, 4) is 0 Å². The first kappa shape index (κ1) is 14.1. The van der Waals surface area contributed by atoms with Crippen LogP contribution in [0.5, 0.6) is 0 Å². The number of para-hydroxylation sites is 1. The average molecular weight is 286 g/mol. The quantitative estimate of drug-likeness (QED) is 0.909. The molecule has 0 spiro atoms. The van der Waals surface area contributed by atoms with E-state index in [0.29, 0.717) is 12.0 Å². The van der Waals surface area contributed by atoms with Gasteiger partial charge in [0.05, 0.1) is 11.3 Å². The lowest BCUT2D eigenvalue weighted by atomic mass is 9.93. The van der Waals surface area contributed by atoms with Crippen molar-refractivity contribution >= 4 is 17.5 Å². The second kappa shape index (κ2) is 5.88. The summed E-state index contributed by atoms with van der Waals surface area (Å²) in [6, 6.07) is 7.29. The zero-order chi connectivity index (χ0) is 14.8. The smallest absolute Gasteiger partial charge is 0.254 e. The molecule has 2 aliphatic rings. The van der Waals surface area contributed by atoms with E-state index in [1.165, 1.54) is 6.42 Å². The van der Waals surface area contributed by atoms with Crippen LogP contribution in [0.1, 0.15) is 55.8 Å². The molecule has 0 bridgehead atoms. The molecule has 1 aliphatic heterocycles. The number of hydrogen-bond acceptors (Lipinski definition) is 2. The zero-order valence-electron chi connectivity index (χ0n) is 12.5. The molecule has 4 heteroatoms. The van der Waals surface area contributed by atoms with Gasteiger partial charge in [-0.3, -0.25) is 9.59 Å². The SMILES string of the molecule is CCC1NC(=O)c2ccccc2N(C2CCCCC2)C1=O. The zero-order valence-corrected chi connectivity index (χ0v) is 12.5. The first-order valence-electron chi connectivity index (χ1n) is 7.95. The highest BCUT2D eigenvalue weighted by atomic mass is 16.2. The Hall–Kier alpha value is -1.84. The Morgan fingerprint density at radius 3 is 2.57 bits per heavy atom. The van der Waals surface area contributed by atoms with E-state index in [2.05, 4.69) is 5.32 Å². The predicted molar refractivity (Wildman–Crippen MR) is 82.3 cm³/mol. The van der Waals surface area contributed by atoms with Gasteiger partial charge in [0.25, 0.3) is 5.91 Å². The molecular formula is C17H22N2O2. The molecule has 0 saturated heterocycles. The molecule has 1 N–H and O–H groups in total. The Morgan fingerprint density at radius 2 is 1.86 bits per heavy atom. The predicted octanol–water partition coefficient (Wildman–Crippen LogP) is 2.87. The van der Waals surface area contributed by atoms with Crippen LogP contribution in [0.25, 0.3) is 0 Å². The monoisotopic (exact) mass is 286 g/mol. The first-order valence-corrected chi connectivity index (χ1v) is 7.95. The third-order valence-corrected chi connectivity index (χ3v) is 4.60. The number of carbonyl (C=O) groups excluding carboxylic acids is 2. The molecule has 1 fully saturated rings. The largest absolute Gasteiger partial charge is 0.340 e. The number of amides is 2. The van der Waals surface area contributed by atoms with E-state index in [-0.39, 0.29) is 17.9 Å². The molecular weight excluding hydrogens is 264 g/mol. The van der Waals surface area contributed by atoms with Crippen LogP contribution < -0.4 is 10.2 Å². The highest BCUT2D eigenvalue weighted by Crippen LogP contribution is 2.32. The molecule has 0 radical (unpaired) electrons. The second-order valence-electron chi connectivity index (χ2n) is 5.95. The summed E-state index contributed by atoms with van der Waals surface area (Å²) in [6.45, 7) is 1.94. The van der Waals surface area contributed by atoms with E-state index in [1.54, 1.807) is 0 Å². The average Bonchev–Trinajstić information content (AvgIpc) is 2.63. The lowest BCUT2D eigenvalue weighted by molar-refractivity contribution is -0.121. The minimum atomic E-state index is -0.410. The van der Waals surface area contributed by atoms with Crippen molar-refractivity contribution < 1.29 is 9.59 Å². The van der Waals surface area contributed by atoms with Crippen LogP contribution >= 0.6 is 0 Å². The lowest BCUT2D eigenvalue weighted by Crippen LogP contribution is -2.49. The Morgan fingerprint density at radius 1 is 1.14 bits per heavy atom. The van der Waals surface area contributed by atoms with E-state index >= 15 is 0 Å². The van der Waals surface area contributed by atoms with Crippen molar-refractivity contribution in [2.24, 2.45) is 0 Å². The molecule has 0 aromatic heterocycles. The van der Waals surface area contributed by atoms with Gasteiger partial charge in [-0.15, -0.1) is 0 Å². The summed E-state index contributed by atoms with van der Waals surface area (Å²) < 4.78 is 0. The van der Waals surface area contributed by atoms with Crippen molar-refractivity contribution in [1.29, 1.82) is 0 Å². The number of benzene rings is 1. The fourth-order valence-corrected chi connectivity index (χ4v) is 3.45. The van der Waals surface area contributed by atoms with Gasteiger partial charge in [0.2, 0.25) is 5.91 Å². The number of rotatable bonds is 2. The third kappa shape index (κ3) is 2.55. The highest BCUT2D eigenvalue weighted by molar-refractivity contribution is 6.11. The number of nitrogens with one attached hydrogen (secondary N) is 1. The van der Waals surface area contributed by atoms with Gasteiger partial charge >= 0.3 is 0 Å². The Bertz CT molecular complexity index is 549. The molecule has 1 saturated carbocycles. The lowest BCUT2D eigenvalue weighted by Gasteiger charge is -2.35. The Labute approximate surface area is 125 Å². The molecule has 3 rings (SSSR count). The fraction of sp³-hybridized carbons (Fsp3) is 0.529. The van der Waals surface area contributed by atoms with Crippen LogP contribution in [0.2, 0.25) is 0 Å². The van der Waals surface area contributed by atoms with E-state index in [0.717, 1.165) is 31.4 Å². The maximum absolute atomic E-state index is 12.9. The number of hydrogen-bond donors (Lipinski definition) is 1. The van der Waals surface area contributed by atoms with E-state index in [1.807, 2.05) is 36.1 Å². The summed E-state index contributed by atoms with van der Waals surface area (Å²) in [5.74, 6) is -0.0909.